The van der Waals surface area contributed by atoms with E-state index in [0.717, 1.165) is 44.1 Å². The molecule has 0 radical (unpaired) electrons. The zero-order valence-electron chi connectivity index (χ0n) is 20.6. The summed E-state index contributed by atoms with van der Waals surface area (Å²) in [4.78, 5) is 36.2. The molecule has 0 aliphatic carbocycles. The molecule has 0 aromatic carbocycles. The third-order valence-corrected chi connectivity index (χ3v) is 6.63. The van der Waals surface area contributed by atoms with E-state index in [0.29, 0.717) is 25.9 Å². The summed E-state index contributed by atoms with van der Waals surface area (Å²) < 4.78 is 7.64. The first-order valence-electron chi connectivity index (χ1n) is 12.0. The number of piperidine rings is 1. The number of fused-ring (bicyclic) bond motifs is 1. The van der Waals surface area contributed by atoms with Crippen LogP contribution >= 0.6 is 0 Å². The summed E-state index contributed by atoms with van der Waals surface area (Å²) in [6.45, 7) is 15.0. The number of aryl methyl sites for hydroxylation is 2. The molecule has 4 rings (SSSR count). The maximum Gasteiger partial charge on any atom is 0.410 e. The van der Waals surface area contributed by atoms with E-state index >= 15 is 0 Å². The number of aromatic nitrogens is 2. The molecule has 0 bridgehead atoms. The Bertz CT molecular complexity index is 1010. The van der Waals surface area contributed by atoms with Crippen molar-refractivity contribution < 1.29 is 14.3 Å². The zero-order valence-corrected chi connectivity index (χ0v) is 20.6. The Kier molecular flexibility index (Phi) is 6.66. The molecule has 0 spiro atoms. The van der Waals surface area contributed by atoms with Gasteiger partial charge < -0.3 is 18.9 Å². The van der Waals surface area contributed by atoms with Gasteiger partial charge in [0.2, 0.25) is 5.91 Å². The van der Waals surface area contributed by atoms with Gasteiger partial charge in [-0.15, -0.1) is 0 Å². The number of hydrogen-bond donors (Lipinski definition) is 0. The average Bonchev–Trinajstić information content (AvgIpc) is 3.06. The fourth-order valence-electron chi connectivity index (χ4n) is 4.74. The molecule has 0 N–H and O–H groups in total. The van der Waals surface area contributed by atoms with Crippen molar-refractivity contribution in [1.29, 1.82) is 0 Å². The SMILES string of the molecule is Cc1ccn2c(CN3CCN(C(=O)C4CCN(C(=O)OC(C)(C)C)CC4)CC3)c(C)nc2c1. The number of amides is 2. The van der Waals surface area contributed by atoms with Crippen LogP contribution in [0.3, 0.4) is 0 Å². The van der Waals surface area contributed by atoms with Gasteiger partial charge in [0, 0.05) is 57.9 Å². The molecular weight excluding hydrogens is 418 g/mol. The van der Waals surface area contributed by atoms with Crippen LogP contribution in [0.5, 0.6) is 0 Å². The quantitative estimate of drug-likeness (QED) is 0.711. The molecule has 0 atom stereocenters. The molecule has 0 unspecified atom stereocenters. The van der Waals surface area contributed by atoms with Crippen molar-refractivity contribution in [1.82, 2.24) is 24.1 Å². The minimum atomic E-state index is -0.496. The van der Waals surface area contributed by atoms with Crippen molar-refractivity contribution in [2.45, 2.75) is 59.6 Å². The van der Waals surface area contributed by atoms with Crippen molar-refractivity contribution in [2.24, 2.45) is 5.92 Å². The monoisotopic (exact) mass is 455 g/mol. The average molecular weight is 456 g/mol. The highest BCUT2D eigenvalue weighted by Crippen LogP contribution is 2.23. The fourth-order valence-corrected chi connectivity index (χ4v) is 4.74. The third-order valence-electron chi connectivity index (χ3n) is 6.63. The van der Waals surface area contributed by atoms with Gasteiger partial charge in [-0.2, -0.15) is 0 Å². The van der Waals surface area contributed by atoms with E-state index < -0.39 is 5.60 Å². The van der Waals surface area contributed by atoms with Crippen molar-refractivity contribution in [3.63, 3.8) is 0 Å². The maximum atomic E-state index is 13.1. The summed E-state index contributed by atoms with van der Waals surface area (Å²) in [5, 5.41) is 0. The minimum absolute atomic E-state index is 0.000469. The summed E-state index contributed by atoms with van der Waals surface area (Å²) in [7, 11) is 0. The Morgan fingerprint density at radius 3 is 2.33 bits per heavy atom. The second kappa shape index (κ2) is 9.33. The molecule has 180 valence electrons. The van der Waals surface area contributed by atoms with Crippen molar-refractivity contribution in [3.8, 4) is 0 Å². The summed E-state index contributed by atoms with van der Waals surface area (Å²) in [5.41, 5.74) is 4.00. The van der Waals surface area contributed by atoms with Gasteiger partial charge in [-0.25, -0.2) is 9.78 Å². The number of hydrogen-bond acceptors (Lipinski definition) is 5. The zero-order chi connectivity index (χ0) is 23.8. The third kappa shape index (κ3) is 5.49. The molecule has 2 fully saturated rings. The van der Waals surface area contributed by atoms with Gasteiger partial charge in [0.25, 0.3) is 0 Å². The van der Waals surface area contributed by atoms with Crippen LogP contribution in [-0.4, -0.2) is 81.0 Å². The number of nitrogens with zero attached hydrogens (tertiary/aromatic N) is 5. The van der Waals surface area contributed by atoms with E-state index in [9.17, 15) is 9.59 Å². The lowest BCUT2D eigenvalue weighted by molar-refractivity contribution is -0.139. The van der Waals surface area contributed by atoms with E-state index in [-0.39, 0.29) is 17.9 Å². The van der Waals surface area contributed by atoms with Crippen LogP contribution in [-0.2, 0) is 16.1 Å². The fraction of sp³-hybridized carbons (Fsp3) is 0.640. The van der Waals surface area contributed by atoms with Gasteiger partial charge >= 0.3 is 6.09 Å². The van der Waals surface area contributed by atoms with Gasteiger partial charge in [-0.1, -0.05) is 0 Å². The Hall–Kier alpha value is -2.61. The van der Waals surface area contributed by atoms with Crippen molar-refractivity contribution in [3.05, 3.63) is 35.3 Å². The van der Waals surface area contributed by atoms with Crippen LogP contribution in [0.15, 0.2) is 18.3 Å². The topological polar surface area (TPSA) is 70.4 Å². The minimum Gasteiger partial charge on any atom is -0.444 e. The van der Waals surface area contributed by atoms with Crippen molar-refractivity contribution in [2.75, 3.05) is 39.3 Å². The summed E-state index contributed by atoms with van der Waals surface area (Å²) in [5.74, 6) is 0.236. The number of likely N-dealkylation sites (tertiary alicyclic amines) is 1. The van der Waals surface area contributed by atoms with Gasteiger partial charge in [0.05, 0.1) is 11.4 Å². The van der Waals surface area contributed by atoms with Crippen LogP contribution < -0.4 is 0 Å². The van der Waals surface area contributed by atoms with Gasteiger partial charge in [0.15, 0.2) is 0 Å². The summed E-state index contributed by atoms with van der Waals surface area (Å²) in [6, 6.07) is 4.23. The standard InChI is InChI=1S/C25H37N5O3/c1-18-6-11-30-21(19(2)26-22(30)16-18)17-27-12-14-28(15-13-27)23(31)20-7-9-29(10-8-20)24(32)33-25(3,4)5/h6,11,16,20H,7-10,12-15,17H2,1-5H3. The lowest BCUT2D eigenvalue weighted by Gasteiger charge is -2.38. The lowest BCUT2D eigenvalue weighted by Crippen LogP contribution is -2.52. The second-order valence-corrected chi connectivity index (χ2v) is 10.4. The van der Waals surface area contributed by atoms with Gasteiger partial charge in [-0.3, -0.25) is 9.69 Å². The summed E-state index contributed by atoms with van der Waals surface area (Å²) >= 11 is 0. The maximum absolute atomic E-state index is 13.1. The molecule has 8 heteroatoms. The molecular formula is C25H37N5O3. The Labute approximate surface area is 196 Å². The van der Waals surface area contributed by atoms with Crippen LogP contribution in [0.4, 0.5) is 4.79 Å². The predicted molar refractivity (Wildman–Crippen MR) is 127 cm³/mol. The number of carbonyl (C=O) groups is 2. The van der Waals surface area contributed by atoms with E-state index in [2.05, 4.69) is 41.5 Å². The summed E-state index contributed by atoms with van der Waals surface area (Å²) in [6.07, 6.45) is 3.24. The van der Waals surface area contributed by atoms with E-state index in [1.807, 2.05) is 25.7 Å². The predicted octanol–water partition coefficient (Wildman–Crippen LogP) is 3.24. The molecule has 2 aliphatic rings. The van der Waals surface area contributed by atoms with Crippen LogP contribution in [0.25, 0.3) is 5.65 Å². The van der Waals surface area contributed by atoms with Gasteiger partial charge in [-0.05, 0) is 65.2 Å². The first-order valence-corrected chi connectivity index (χ1v) is 12.0. The molecule has 2 aromatic rings. The molecule has 0 saturated carbocycles. The normalized spacial score (nSPS) is 18.7. The number of ether oxygens (including phenoxy) is 1. The van der Waals surface area contributed by atoms with Crippen LogP contribution in [0.2, 0.25) is 0 Å². The molecule has 2 saturated heterocycles. The first-order chi connectivity index (χ1) is 15.6. The van der Waals surface area contributed by atoms with E-state index in [1.54, 1.807) is 4.90 Å². The number of piperazine rings is 1. The Morgan fingerprint density at radius 2 is 1.70 bits per heavy atom. The number of carbonyl (C=O) groups excluding carboxylic acids is 2. The van der Waals surface area contributed by atoms with Crippen LogP contribution in [0, 0.1) is 19.8 Å². The molecule has 33 heavy (non-hydrogen) atoms. The van der Waals surface area contributed by atoms with E-state index in [4.69, 9.17) is 9.72 Å². The Balaban J connectivity index is 1.27. The number of rotatable bonds is 3. The highest BCUT2D eigenvalue weighted by atomic mass is 16.6. The molecule has 8 nitrogen and oxygen atoms in total. The second-order valence-electron chi connectivity index (χ2n) is 10.4. The highest BCUT2D eigenvalue weighted by Gasteiger charge is 2.33. The van der Waals surface area contributed by atoms with Gasteiger partial charge in [0.1, 0.15) is 11.2 Å². The Morgan fingerprint density at radius 1 is 1.03 bits per heavy atom. The molecule has 2 aromatic heterocycles. The largest absolute Gasteiger partial charge is 0.444 e. The smallest absolute Gasteiger partial charge is 0.410 e. The van der Waals surface area contributed by atoms with Crippen molar-refractivity contribution >= 4 is 17.6 Å². The molecule has 4 heterocycles. The molecule has 2 aliphatic heterocycles. The first kappa shape index (κ1) is 23.5. The van der Waals surface area contributed by atoms with E-state index in [1.165, 1.54) is 11.3 Å². The van der Waals surface area contributed by atoms with Crippen LogP contribution in [0.1, 0.15) is 50.6 Å². The molecule has 2 amide bonds. The highest BCUT2D eigenvalue weighted by molar-refractivity contribution is 5.79. The number of imidazole rings is 1. The number of pyridine rings is 1. The lowest BCUT2D eigenvalue weighted by atomic mass is 9.95.